The van der Waals surface area contributed by atoms with Gasteiger partial charge in [0.15, 0.2) is 18.1 Å². The van der Waals surface area contributed by atoms with Crippen molar-refractivity contribution in [3.63, 3.8) is 0 Å². The summed E-state index contributed by atoms with van der Waals surface area (Å²) in [4.78, 5) is 12.0. The molecule has 0 atom stereocenters. The molecule has 2 aromatic carbocycles. The van der Waals surface area contributed by atoms with Crippen molar-refractivity contribution in [3.8, 4) is 22.9 Å². The molecule has 1 aromatic heterocycles. The molecule has 0 bridgehead atoms. The van der Waals surface area contributed by atoms with Crippen molar-refractivity contribution in [3.05, 3.63) is 48.8 Å². The highest BCUT2D eigenvalue weighted by Crippen LogP contribution is 2.42. The second-order valence-corrected chi connectivity index (χ2v) is 5.41. The van der Waals surface area contributed by atoms with Crippen LogP contribution in [0.5, 0.6) is 17.2 Å². The van der Waals surface area contributed by atoms with Gasteiger partial charge in [0.2, 0.25) is 0 Å². The fraction of sp³-hybridized carbons (Fsp3) is 0.125. The van der Waals surface area contributed by atoms with Crippen LogP contribution >= 0.6 is 0 Å². The first kappa shape index (κ1) is 16.7. The number of benzene rings is 2. The Hall–Kier alpha value is -3.76. The summed E-state index contributed by atoms with van der Waals surface area (Å²) in [6.07, 6.45) is -2.26. The Kier molecular flexibility index (Phi) is 4.03. The van der Waals surface area contributed by atoms with Crippen LogP contribution in [0.1, 0.15) is 0 Å². The van der Waals surface area contributed by atoms with Crippen molar-refractivity contribution < 1.29 is 27.8 Å². The zero-order chi connectivity index (χ0) is 18.9. The van der Waals surface area contributed by atoms with Crippen molar-refractivity contribution in [1.29, 1.82) is 0 Å². The Morgan fingerprint density at radius 3 is 2.67 bits per heavy atom. The van der Waals surface area contributed by atoms with Crippen LogP contribution in [0.15, 0.2) is 48.8 Å². The van der Waals surface area contributed by atoms with Gasteiger partial charge in [0.25, 0.3) is 5.91 Å². The highest BCUT2D eigenvalue weighted by molar-refractivity contribution is 5.92. The molecule has 9 nitrogen and oxygen atoms in total. The quantitative estimate of drug-likeness (QED) is 0.728. The third kappa shape index (κ3) is 3.76. The molecule has 0 spiro atoms. The van der Waals surface area contributed by atoms with E-state index in [4.69, 9.17) is 4.74 Å². The molecule has 1 aliphatic heterocycles. The number of halogens is 2. The summed E-state index contributed by atoms with van der Waals surface area (Å²) in [6, 6.07) is 10.7. The maximum atomic E-state index is 13.0. The highest BCUT2D eigenvalue weighted by atomic mass is 19.3. The molecule has 0 fully saturated rings. The predicted octanol–water partition coefficient (Wildman–Crippen LogP) is 2.00. The molecular formula is C16H11F2N5O4. The Labute approximate surface area is 150 Å². The van der Waals surface area contributed by atoms with E-state index in [1.165, 1.54) is 29.2 Å². The molecule has 0 saturated carbocycles. The van der Waals surface area contributed by atoms with Crippen LogP contribution in [-0.2, 0) is 4.79 Å². The van der Waals surface area contributed by atoms with Gasteiger partial charge < -0.3 is 19.5 Å². The second-order valence-electron chi connectivity index (χ2n) is 5.41. The number of hydrogen-bond acceptors (Lipinski definition) is 7. The van der Waals surface area contributed by atoms with Crippen LogP contribution in [0.4, 0.5) is 14.5 Å². The van der Waals surface area contributed by atoms with Gasteiger partial charge in [-0.15, -0.1) is 13.9 Å². The van der Waals surface area contributed by atoms with E-state index < -0.39 is 12.2 Å². The zero-order valence-electron chi connectivity index (χ0n) is 13.5. The summed E-state index contributed by atoms with van der Waals surface area (Å²) in [5.74, 6) is -0.258. The van der Waals surface area contributed by atoms with Crippen LogP contribution in [0.25, 0.3) is 5.69 Å². The average molecular weight is 375 g/mol. The molecule has 2 heterocycles. The van der Waals surface area contributed by atoms with Gasteiger partial charge in [0.05, 0.1) is 5.69 Å². The number of nitrogens with one attached hydrogen (secondary N) is 1. The van der Waals surface area contributed by atoms with E-state index in [0.29, 0.717) is 5.75 Å². The van der Waals surface area contributed by atoms with Gasteiger partial charge in [0, 0.05) is 11.8 Å². The standard InChI is InChI=1S/C16H11F2N5O4/c17-16(18)26-13-6-1-10(7-14(13)27-16)20-15(24)8-25-12-4-2-11(3-5-12)23-9-19-21-22-23/h1-7,9H,8H2,(H,20,24). The van der Waals surface area contributed by atoms with Gasteiger partial charge >= 0.3 is 6.29 Å². The number of amides is 1. The first-order valence-corrected chi connectivity index (χ1v) is 7.64. The number of nitrogens with zero attached hydrogens (tertiary/aromatic N) is 4. The number of anilines is 1. The Morgan fingerprint density at radius 1 is 1.15 bits per heavy atom. The third-order valence-electron chi connectivity index (χ3n) is 3.51. The molecule has 0 aliphatic carbocycles. The molecular weight excluding hydrogens is 364 g/mol. The van der Waals surface area contributed by atoms with Crippen LogP contribution in [-0.4, -0.2) is 39.0 Å². The van der Waals surface area contributed by atoms with E-state index in [2.05, 4.69) is 30.3 Å². The van der Waals surface area contributed by atoms with Gasteiger partial charge in [-0.25, -0.2) is 4.68 Å². The monoisotopic (exact) mass is 375 g/mol. The van der Waals surface area contributed by atoms with Gasteiger partial charge in [0.1, 0.15) is 12.1 Å². The van der Waals surface area contributed by atoms with Gasteiger partial charge in [-0.3, -0.25) is 4.79 Å². The molecule has 1 aliphatic rings. The summed E-state index contributed by atoms with van der Waals surface area (Å²) in [5.41, 5.74) is 1.01. The fourth-order valence-corrected chi connectivity index (χ4v) is 2.35. The van der Waals surface area contributed by atoms with E-state index in [1.807, 2.05) is 0 Å². The van der Waals surface area contributed by atoms with Crippen molar-refractivity contribution >= 4 is 11.6 Å². The van der Waals surface area contributed by atoms with Crippen molar-refractivity contribution in [2.45, 2.75) is 6.29 Å². The van der Waals surface area contributed by atoms with Crippen LogP contribution < -0.4 is 19.5 Å². The minimum Gasteiger partial charge on any atom is -0.484 e. The third-order valence-corrected chi connectivity index (χ3v) is 3.51. The largest absolute Gasteiger partial charge is 0.586 e. The predicted molar refractivity (Wildman–Crippen MR) is 85.9 cm³/mol. The lowest BCUT2D eigenvalue weighted by Crippen LogP contribution is -2.25. The lowest BCUT2D eigenvalue weighted by atomic mass is 10.3. The normalized spacial score (nSPS) is 14.0. The molecule has 0 unspecified atom stereocenters. The molecule has 138 valence electrons. The van der Waals surface area contributed by atoms with Gasteiger partial charge in [-0.1, -0.05) is 0 Å². The molecule has 3 aromatic rings. The zero-order valence-corrected chi connectivity index (χ0v) is 13.5. The van der Waals surface area contributed by atoms with Crippen LogP contribution in [0.2, 0.25) is 0 Å². The first-order valence-electron chi connectivity index (χ1n) is 7.64. The minimum atomic E-state index is -3.71. The minimum absolute atomic E-state index is 0.100. The number of tetrazole rings is 1. The summed E-state index contributed by atoms with van der Waals surface area (Å²) in [6.45, 7) is -0.269. The first-order chi connectivity index (χ1) is 13.0. The number of carbonyl (C=O) groups is 1. The topological polar surface area (TPSA) is 100 Å². The second kappa shape index (κ2) is 6.52. The molecule has 27 heavy (non-hydrogen) atoms. The van der Waals surface area contributed by atoms with Gasteiger partial charge in [-0.2, -0.15) is 0 Å². The summed E-state index contributed by atoms with van der Waals surface area (Å²) in [7, 11) is 0. The van der Waals surface area contributed by atoms with E-state index >= 15 is 0 Å². The SMILES string of the molecule is O=C(COc1ccc(-n2cnnn2)cc1)Nc1ccc2c(c1)OC(F)(F)O2. The van der Waals surface area contributed by atoms with E-state index in [1.54, 1.807) is 24.3 Å². The molecule has 4 rings (SSSR count). The van der Waals surface area contributed by atoms with Crippen molar-refractivity contribution in [1.82, 2.24) is 20.2 Å². The number of aromatic nitrogens is 4. The molecule has 11 heteroatoms. The van der Waals surface area contributed by atoms with Crippen molar-refractivity contribution in [2.24, 2.45) is 0 Å². The summed E-state index contributed by atoms with van der Waals surface area (Å²) in [5, 5.41) is 13.4. The Bertz CT molecular complexity index is 963. The highest BCUT2D eigenvalue weighted by Gasteiger charge is 2.43. The number of carbonyl (C=O) groups excluding carboxylic acids is 1. The Balaban J connectivity index is 1.33. The van der Waals surface area contributed by atoms with Gasteiger partial charge in [-0.05, 0) is 46.8 Å². The smallest absolute Gasteiger partial charge is 0.484 e. The number of rotatable bonds is 5. The maximum Gasteiger partial charge on any atom is 0.586 e. The Morgan fingerprint density at radius 2 is 1.93 bits per heavy atom. The maximum absolute atomic E-state index is 13.0. The number of alkyl halides is 2. The number of ether oxygens (including phenoxy) is 3. The number of hydrogen-bond donors (Lipinski definition) is 1. The van der Waals surface area contributed by atoms with Crippen LogP contribution in [0.3, 0.4) is 0 Å². The van der Waals surface area contributed by atoms with Crippen LogP contribution in [0, 0.1) is 0 Å². The molecule has 0 radical (unpaired) electrons. The molecule has 1 N–H and O–H groups in total. The lowest BCUT2D eigenvalue weighted by Gasteiger charge is -2.08. The van der Waals surface area contributed by atoms with E-state index in [9.17, 15) is 13.6 Å². The molecule has 0 saturated heterocycles. The van der Waals surface area contributed by atoms with E-state index in [-0.39, 0.29) is 23.8 Å². The molecule has 1 amide bonds. The lowest BCUT2D eigenvalue weighted by molar-refractivity contribution is -0.286. The summed E-state index contributed by atoms with van der Waals surface area (Å²) >= 11 is 0. The summed E-state index contributed by atoms with van der Waals surface area (Å²) < 4.78 is 41.5. The average Bonchev–Trinajstić information content (AvgIpc) is 3.26. The number of fused-ring (bicyclic) bond motifs is 1. The van der Waals surface area contributed by atoms with E-state index in [0.717, 1.165) is 5.69 Å². The van der Waals surface area contributed by atoms with Crippen molar-refractivity contribution in [2.75, 3.05) is 11.9 Å². The fourth-order valence-electron chi connectivity index (χ4n) is 2.35.